The van der Waals surface area contributed by atoms with Crippen molar-refractivity contribution < 1.29 is 17.9 Å². The predicted octanol–water partition coefficient (Wildman–Crippen LogP) is 2.90. The van der Waals surface area contributed by atoms with Gasteiger partial charge in [0.05, 0.1) is 17.8 Å². The number of anilines is 2. The average molecular weight is 274 g/mol. The fourth-order valence-electron chi connectivity index (χ4n) is 2.28. The van der Waals surface area contributed by atoms with Crippen LogP contribution in [0.5, 0.6) is 0 Å². The maximum Gasteiger partial charge on any atom is 0.418 e. The molecule has 1 aliphatic rings. The van der Waals surface area contributed by atoms with Gasteiger partial charge in [0.25, 0.3) is 0 Å². The first kappa shape index (κ1) is 14.0. The monoisotopic (exact) mass is 274 g/mol. The van der Waals surface area contributed by atoms with Gasteiger partial charge in [0.2, 0.25) is 0 Å². The lowest BCUT2D eigenvalue weighted by molar-refractivity contribution is -0.137. The quantitative estimate of drug-likeness (QED) is 0.800. The summed E-state index contributed by atoms with van der Waals surface area (Å²) in [5, 5.41) is 0. The fraction of sp³-hybridized carbons (Fsp3) is 0.538. The highest BCUT2D eigenvalue weighted by Crippen LogP contribution is 2.38. The SMILES string of the molecule is CC1(C)CN(c2ccc(N)cc2C(F)(F)F)CCO1. The van der Waals surface area contributed by atoms with Gasteiger partial charge < -0.3 is 15.4 Å². The summed E-state index contributed by atoms with van der Waals surface area (Å²) in [6, 6.07) is 3.91. The average Bonchev–Trinajstić information content (AvgIpc) is 2.26. The van der Waals surface area contributed by atoms with Crippen molar-refractivity contribution in [3.05, 3.63) is 23.8 Å². The molecule has 19 heavy (non-hydrogen) atoms. The van der Waals surface area contributed by atoms with Crippen LogP contribution in [-0.2, 0) is 10.9 Å². The zero-order valence-corrected chi connectivity index (χ0v) is 10.9. The number of morpholine rings is 1. The molecule has 6 heteroatoms. The number of hydrogen-bond acceptors (Lipinski definition) is 3. The zero-order chi connectivity index (χ0) is 14.3. The molecule has 0 unspecified atom stereocenters. The highest BCUT2D eigenvalue weighted by molar-refractivity contribution is 5.61. The standard InChI is InChI=1S/C13H17F3N2O/c1-12(2)8-18(5-6-19-12)11-4-3-9(17)7-10(11)13(14,15)16/h3-4,7H,5-6,8,17H2,1-2H3. The Kier molecular flexibility index (Phi) is 3.38. The van der Waals surface area contributed by atoms with Crippen molar-refractivity contribution in [1.29, 1.82) is 0 Å². The van der Waals surface area contributed by atoms with Crippen molar-refractivity contribution in [3.63, 3.8) is 0 Å². The molecule has 3 nitrogen and oxygen atoms in total. The van der Waals surface area contributed by atoms with E-state index in [0.29, 0.717) is 19.7 Å². The van der Waals surface area contributed by atoms with Crippen molar-refractivity contribution in [2.45, 2.75) is 25.6 Å². The van der Waals surface area contributed by atoms with Crippen LogP contribution in [-0.4, -0.2) is 25.3 Å². The molecule has 2 N–H and O–H groups in total. The van der Waals surface area contributed by atoms with Crippen LogP contribution in [0.1, 0.15) is 19.4 Å². The Labute approximate surface area is 110 Å². The van der Waals surface area contributed by atoms with Crippen LogP contribution in [0.25, 0.3) is 0 Å². The normalized spacial score (nSPS) is 19.5. The number of halogens is 3. The van der Waals surface area contributed by atoms with Crippen LogP contribution >= 0.6 is 0 Å². The Bertz CT molecular complexity index is 471. The van der Waals surface area contributed by atoms with Gasteiger partial charge in [-0.2, -0.15) is 13.2 Å². The first-order valence-corrected chi connectivity index (χ1v) is 6.05. The van der Waals surface area contributed by atoms with E-state index >= 15 is 0 Å². The van der Waals surface area contributed by atoms with E-state index in [1.54, 1.807) is 4.90 Å². The van der Waals surface area contributed by atoms with Gasteiger partial charge in [-0.05, 0) is 32.0 Å². The molecule has 0 atom stereocenters. The van der Waals surface area contributed by atoms with Gasteiger partial charge in [-0.15, -0.1) is 0 Å². The second kappa shape index (κ2) is 4.59. The van der Waals surface area contributed by atoms with Crippen LogP contribution in [0.15, 0.2) is 18.2 Å². The van der Waals surface area contributed by atoms with Crippen molar-refractivity contribution >= 4 is 11.4 Å². The molecule has 0 spiro atoms. The van der Waals surface area contributed by atoms with Crippen LogP contribution in [0, 0.1) is 0 Å². The van der Waals surface area contributed by atoms with Crippen LogP contribution < -0.4 is 10.6 Å². The number of alkyl halides is 3. The highest BCUT2D eigenvalue weighted by Gasteiger charge is 2.37. The molecule has 106 valence electrons. The zero-order valence-electron chi connectivity index (χ0n) is 10.9. The third-order valence-corrected chi connectivity index (χ3v) is 3.09. The third-order valence-electron chi connectivity index (χ3n) is 3.09. The van der Waals surface area contributed by atoms with Crippen molar-refractivity contribution in [3.8, 4) is 0 Å². The van der Waals surface area contributed by atoms with Gasteiger partial charge in [0.15, 0.2) is 0 Å². The molecule has 0 aromatic heterocycles. The summed E-state index contributed by atoms with van der Waals surface area (Å²) in [5.41, 5.74) is 4.60. The van der Waals surface area contributed by atoms with Gasteiger partial charge in [-0.1, -0.05) is 0 Å². The third kappa shape index (κ3) is 3.12. The minimum Gasteiger partial charge on any atom is -0.399 e. The van der Waals surface area contributed by atoms with E-state index < -0.39 is 17.3 Å². The minimum atomic E-state index is -4.41. The fourth-order valence-corrected chi connectivity index (χ4v) is 2.28. The largest absolute Gasteiger partial charge is 0.418 e. The molecule has 2 rings (SSSR count). The predicted molar refractivity (Wildman–Crippen MR) is 68.1 cm³/mol. The molecule has 1 aliphatic heterocycles. The molecule has 0 amide bonds. The highest BCUT2D eigenvalue weighted by atomic mass is 19.4. The molecule has 1 fully saturated rings. The first-order valence-electron chi connectivity index (χ1n) is 6.05. The van der Waals surface area contributed by atoms with Crippen molar-refractivity contribution in [2.24, 2.45) is 0 Å². The molecule has 0 bridgehead atoms. The molecule has 0 saturated carbocycles. The lowest BCUT2D eigenvalue weighted by atomic mass is 10.0. The van der Waals surface area contributed by atoms with E-state index in [1.165, 1.54) is 12.1 Å². The van der Waals surface area contributed by atoms with E-state index in [1.807, 2.05) is 13.8 Å². The number of hydrogen-bond donors (Lipinski definition) is 1. The Balaban J connectivity index is 2.39. The molecule has 1 heterocycles. The van der Waals surface area contributed by atoms with Crippen LogP contribution in [0.4, 0.5) is 24.5 Å². The molecule has 0 radical (unpaired) electrons. The summed E-state index contributed by atoms with van der Waals surface area (Å²) in [4.78, 5) is 1.70. The second-order valence-corrected chi connectivity index (χ2v) is 5.30. The summed E-state index contributed by atoms with van der Waals surface area (Å²) in [7, 11) is 0. The minimum absolute atomic E-state index is 0.114. The summed E-state index contributed by atoms with van der Waals surface area (Å²) in [6.07, 6.45) is -4.41. The van der Waals surface area contributed by atoms with E-state index in [2.05, 4.69) is 0 Å². The Hall–Kier alpha value is -1.43. The number of benzene rings is 1. The maximum absolute atomic E-state index is 13.1. The lowest BCUT2D eigenvalue weighted by Crippen LogP contribution is -2.48. The Morgan fingerprint density at radius 1 is 1.32 bits per heavy atom. The number of rotatable bonds is 1. The number of nitrogens with zero attached hydrogens (tertiary/aromatic N) is 1. The van der Waals surface area contributed by atoms with Gasteiger partial charge in [0.1, 0.15) is 0 Å². The summed E-state index contributed by atoms with van der Waals surface area (Å²) in [5.74, 6) is 0. The van der Waals surface area contributed by atoms with Gasteiger partial charge in [0, 0.05) is 24.5 Å². The number of nitrogens with two attached hydrogens (primary N) is 1. The van der Waals surface area contributed by atoms with Crippen molar-refractivity contribution in [2.75, 3.05) is 30.3 Å². The smallest absolute Gasteiger partial charge is 0.399 e. The second-order valence-electron chi connectivity index (χ2n) is 5.30. The van der Waals surface area contributed by atoms with Crippen molar-refractivity contribution in [1.82, 2.24) is 0 Å². The molecule has 0 aliphatic carbocycles. The molecule has 1 aromatic rings. The summed E-state index contributed by atoms with van der Waals surface area (Å²) < 4.78 is 44.7. The Morgan fingerprint density at radius 3 is 2.58 bits per heavy atom. The summed E-state index contributed by atoms with van der Waals surface area (Å²) >= 11 is 0. The van der Waals surface area contributed by atoms with E-state index in [-0.39, 0.29) is 11.4 Å². The van der Waals surface area contributed by atoms with E-state index in [0.717, 1.165) is 6.07 Å². The van der Waals surface area contributed by atoms with Crippen LogP contribution in [0.2, 0.25) is 0 Å². The molecular weight excluding hydrogens is 257 g/mol. The summed E-state index contributed by atoms with van der Waals surface area (Å²) in [6.45, 7) is 5.00. The van der Waals surface area contributed by atoms with E-state index in [9.17, 15) is 13.2 Å². The number of ether oxygens (including phenoxy) is 1. The molecule has 1 saturated heterocycles. The lowest BCUT2D eigenvalue weighted by Gasteiger charge is -2.40. The maximum atomic E-state index is 13.1. The topological polar surface area (TPSA) is 38.5 Å². The molecular formula is C13H17F3N2O. The number of nitrogen functional groups attached to an aromatic ring is 1. The Morgan fingerprint density at radius 2 is 2.00 bits per heavy atom. The van der Waals surface area contributed by atoms with Gasteiger partial charge in [-0.25, -0.2) is 0 Å². The van der Waals surface area contributed by atoms with Gasteiger partial charge in [-0.3, -0.25) is 0 Å². The molecule has 1 aromatic carbocycles. The van der Waals surface area contributed by atoms with Crippen LogP contribution in [0.3, 0.4) is 0 Å². The van der Waals surface area contributed by atoms with E-state index in [4.69, 9.17) is 10.5 Å². The van der Waals surface area contributed by atoms with Gasteiger partial charge >= 0.3 is 6.18 Å². The first-order chi connectivity index (χ1) is 8.69.